The van der Waals surface area contributed by atoms with E-state index in [0.717, 1.165) is 35.5 Å². The average Bonchev–Trinajstić information content (AvgIpc) is 3.12. The summed E-state index contributed by atoms with van der Waals surface area (Å²) in [6.45, 7) is 6.29. The Bertz CT molecular complexity index is 356. The van der Waals surface area contributed by atoms with Crippen LogP contribution in [0.4, 0.5) is 0 Å². The van der Waals surface area contributed by atoms with Gasteiger partial charge in [0, 0.05) is 0 Å². The topological polar surface area (TPSA) is 0 Å². The highest BCUT2D eigenvalue weighted by Gasteiger charge is 2.36. The molecular formula is C24H42. The minimum absolute atomic E-state index is 0.853. The first kappa shape index (κ1) is 18.5. The van der Waals surface area contributed by atoms with E-state index in [4.69, 9.17) is 0 Å². The largest absolute Gasteiger partial charge is 0.103 e. The number of rotatable bonds is 7. The van der Waals surface area contributed by atoms with E-state index in [1.165, 1.54) is 51.4 Å². The summed E-state index contributed by atoms with van der Waals surface area (Å²) in [5.74, 6) is 6.34. The van der Waals surface area contributed by atoms with Gasteiger partial charge in [-0.1, -0.05) is 70.8 Å². The number of hydrogen-bond acceptors (Lipinski definition) is 0. The van der Waals surface area contributed by atoms with Gasteiger partial charge in [0.05, 0.1) is 0 Å². The van der Waals surface area contributed by atoms with E-state index >= 15 is 0 Å². The predicted molar refractivity (Wildman–Crippen MR) is 106 cm³/mol. The maximum atomic E-state index is 3.89. The van der Waals surface area contributed by atoms with Crippen LogP contribution in [0.15, 0.2) is 12.7 Å². The number of hydrogen-bond donors (Lipinski definition) is 0. The molecule has 0 heterocycles. The molecule has 3 atom stereocenters. The lowest BCUT2D eigenvalue weighted by molar-refractivity contribution is 0.181. The summed E-state index contributed by atoms with van der Waals surface area (Å²) in [4.78, 5) is 0. The van der Waals surface area contributed by atoms with Gasteiger partial charge in [0.1, 0.15) is 0 Å². The van der Waals surface area contributed by atoms with Gasteiger partial charge in [0.25, 0.3) is 0 Å². The van der Waals surface area contributed by atoms with Gasteiger partial charge in [-0.25, -0.2) is 0 Å². The van der Waals surface area contributed by atoms with Crippen LogP contribution in [0, 0.1) is 35.5 Å². The molecule has 0 spiro atoms. The second kappa shape index (κ2) is 9.44. The second-order valence-electron chi connectivity index (χ2n) is 9.72. The van der Waals surface area contributed by atoms with E-state index in [1.807, 2.05) is 0 Å². The maximum absolute atomic E-state index is 3.89. The highest BCUT2D eigenvalue weighted by atomic mass is 14.4. The molecule has 0 aromatic heterocycles. The van der Waals surface area contributed by atoms with Crippen LogP contribution in [0.3, 0.4) is 0 Å². The summed E-state index contributed by atoms with van der Waals surface area (Å²) < 4.78 is 0. The smallest absolute Gasteiger partial charge is 0.0328 e. The monoisotopic (exact) mass is 330 g/mol. The van der Waals surface area contributed by atoms with Gasteiger partial charge in [-0.15, -0.1) is 6.58 Å². The van der Waals surface area contributed by atoms with E-state index in [2.05, 4.69) is 19.6 Å². The fourth-order valence-corrected chi connectivity index (χ4v) is 6.39. The SMILES string of the molecule is C=CCC(C)CCC1CCC([C@@H]2CC[C@H](C3CCCCC3)C2)CC1. The minimum Gasteiger partial charge on any atom is -0.103 e. The molecule has 0 heteroatoms. The van der Waals surface area contributed by atoms with Crippen LogP contribution in [-0.4, -0.2) is 0 Å². The fourth-order valence-electron chi connectivity index (χ4n) is 6.39. The molecule has 3 aliphatic rings. The van der Waals surface area contributed by atoms with E-state index in [0.29, 0.717) is 0 Å². The van der Waals surface area contributed by atoms with E-state index in [-0.39, 0.29) is 0 Å². The summed E-state index contributed by atoms with van der Waals surface area (Å²) in [7, 11) is 0. The fraction of sp³-hybridized carbons (Fsp3) is 0.917. The molecule has 3 fully saturated rings. The van der Waals surface area contributed by atoms with Crippen molar-refractivity contribution in [2.24, 2.45) is 35.5 Å². The Hall–Kier alpha value is -0.260. The second-order valence-corrected chi connectivity index (χ2v) is 9.72. The molecule has 0 aliphatic heterocycles. The van der Waals surface area contributed by atoms with Crippen LogP contribution in [0.5, 0.6) is 0 Å². The summed E-state index contributed by atoms with van der Waals surface area (Å²) >= 11 is 0. The molecule has 3 aliphatic carbocycles. The first-order chi connectivity index (χ1) is 11.8. The first-order valence-electron chi connectivity index (χ1n) is 11.4. The highest BCUT2D eigenvalue weighted by Crippen LogP contribution is 2.48. The third kappa shape index (κ3) is 5.12. The van der Waals surface area contributed by atoms with Crippen molar-refractivity contribution in [3.05, 3.63) is 12.7 Å². The Kier molecular flexibility index (Phi) is 7.29. The molecule has 0 bridgehead atoms. The van der Waals surface area contributed by atoms with Crippen molar-refractivity contribution < 1.29 is 0 Å². The van der Waals surface area contributed by atoms with E-state index < -0.39 is 0 Å². The Morgan fingerprint density at radius 2 is 1.38 bits per heavy atom. The molecule has 1 unspecified atom stereocenters. The zero-order valence-corrected chi connectivity index (χ0v) is 16.4. The van der Waals surface area contributed by atoms with Crippen LogP contribution in [0.1, 0.15) is 103 Å². The van der Waals surface area contributed by atoms with Crippen LogP contribution in [-0.2, 0) is 0 Å². The van der Waals surface area contributed by atoms with Crippen molar-refractivity contribution in [2.45, 2.75) is 103 Å². The number of allylic oxidation sites excluding steroid dienone is 1. The van der Waals surface area contributed by atoms with Crippen molar-refractivity contribution in [2.75, 3.05) is 0 Å². The molecule has 0 nitrogen and oxygen atoms in total. The Labute approximate surface area is 151 Å². The van der Waals surface area contributed by atoms with Gasteiger partial charge < -0.3 is 0 Å². The normalized spacial score (nSPS) is 36.5. The van der Waals surface area contributed by atoms with E-state index in [9.17, 15) is 0 Å². The van der Waals surface area contributed by atoms with Crippen LogP contribution >= 0.6 is 0 Å². The molecule has 0 aromatic carbocycles. The predicted octanol–water partition coefficient (Wildman–Crippen LogP) is 7.78. The third-order valence-corrected chi connectivity index (χ3v) is 8.03. The molecule has 3 saturated carbocycles. The van der Waals surface area contributed by atoms with Gasteiger partial charge in [-0.05, 0) is 74.0 Å². The zero-order chi connectivity index (χ0) is 16.8. The molecule has 0 radical (unpaired) electrons. The van der Waals surface area contributed by atoms with Crippen molar-refractivity contribution in [1.82, 2.24) is 0 Å². The zero-order valence-electron chi connectivity index (χ0n) is 16.4. The lowest BCUT2D eigenvalue weighted by Crippen LogP contribution is -2.22. The molecule has 138 valence electrons. The molecule has 0 aromatic rings. The maximum Gasteiger partial charge on any atom is -0.0328 e. The lowest BCUT2D eigenvalue weighted by Gasteiger charge is -2.33. The standard InChI is InChI=1S/C24H42/c1-3-7-19(2)10-11-20-12-14-22(15-13-20)24-17-16-23(18-24)21-8-5-4-6-9-21/h3,19-24H,1,4-18H2,2H3/t19?,20?,22?,23-,24+/m0/s1. The van der Waals surface area contributed by atoms with Gasteiger partial charge in [0.15, 0.2) is 0 Å². The molecule has 3 rings (SSSR count). The molecule has 0 amide bonds. The highest BCUT2D eigenvalue weighted by molar-refractivity contribution is 4.87. The lowest BCUT2D eigenvalue weighted by atomic mass is 9.72. The molecule has 0 N–H and O–H groups in total. The van der Waals surface area contributed by atoms with Crippen LogP contribution in [0.2, 0.25) is 0 Å². The summed E-state index contributed by atoms with van der Waals surface area (Å²) in [6, 6.07) is 0. The summed E-state index contributed by atoms with van der Waals surface area (Å²) in [5, 5.41) is 0. The first-order valence-corrected chi connectivity index (χ1v) is 11.4. The molecule has 0 saturated heterocycles. The van der Waals surface area contributed by atoms with Crippen LogP contribution in [0.25, 0.3) is 0 Å². The summed E-state index contributed by atoms with van der Waals surface area (Å²) in [5.41, 5.74) is 0. The van der Waals surface area contributed by atoms with Gasteiger partial charge >= 0.3 is 0 Å². The quantitative estimate of drug-likeness (QED) is 0.418. The third-order valence-electron chi connectivity index (χ3n) is 8.03. The van der Waals surface area contributed by atoms with Gasteiger partial charge in [-0.2, -0.15) is 0 Å². The van der Waals surface area contributed by atoms with Crippen molar-refractivity contribution in [3.8, 4) is 0 Å². The molecular weight excluding hydrogens is 288 g/mol. The van der Waals surface area contributed by atoms with Gasteiger partial charge in [0.2, 0.25) is 0 Å². The van der Waals surface area contributed by atoms with E-state index in [1.54, 1.807) is 44.9 Å². The Balaban J connectivity index is 1.35. The van der Waals surface area contributed by atoms with Gasteiger partial charge in [-0.3, -0.25) is 0 Å². The summed E-state index contributed by atoms with van der Waals surface area (Å²) in [6.07, 6.45) is 24.9. The average molecular weight is 331 g/mol. The van der Waals surface area contributed by atoms with Crippen LogP contribution < -0.4 is 0 Å². The Morgan fingerprint density at radius 3 is 2.00 bits per heavy atom. The van der Waals surface area contributed by atoms with Crippen molar-refractivity contribution in [1.29, 1.82) is 0 Å². The Morgan fingerprint density at radius 1 is 0.792 bits per heavy atom. The van der Waals surface area contributed by atoms with Crippen molar-refractivity contribution in [3.63, 3.8) is 0 Å². The molecule has 24 heavy (non-hydrogen) atoms. The minimum atomic E-state index is 0.853. The van der Waals surface area contributed by atoms with Crippen molar-refractivity contribution >= 4 is 0 Å².